The first-order valence-corrected chi connectivity index (χ1v) is 8.30. The van der Waals surface area contributed by atoms with E-state index < -0.39 is 5.97 Å². The maximum Gasteiger partial charge on any atom is 0.338 e. The van der Waals surface area contributed by atoms with Gasteiger partial charge < -0.3 is 13.9 Å². The molecule has 0 fully saturated rings. The van der Waals surface area contributed by atoms with E-state index >= 15 is 0 Å². The molecule has 0 amide bonds. The fourth-order valence-electron chi connectivity index (χ4n) is 1.96. The van der Waals surface area contributed by atoms with Gasteiger partial charge in [0.15, 0.2) is 6.61 Å². The Balaban J connectivity index is 1.57. The van der Waals surface area contributed by atoms with Gasteiger partial charge in [-0.15, -0.1) is 21.5 Å². The normalized spacial score (nSPS) is 10.8. The van der Waals surface area contributed by atoms with Crippen LogP contribution in [-0.2, 0) is 11.3 Å². The van der Waals surface area contributed by atoms with Crippen molar-refractivity contribution in [1.82, 2.24) is 10.2 Å². The van der Waals surface area contributed by atoms with Gasteiger partial charge in [0.05, 0.1) is 16.5 Å². The van der Waals surface area contributed by atoms with Crippen LogP contribution >= 0.6 is 11.3 Å². The molecule has 0 bridgehead atoms. The number of ether oxygens (including phenoxy) is 2. The maximum absolute atomic E-state index is 12.0. The van der Waals surface area contributed by atoms with E-state index in [1.807, 2.05) is 31.4 Å². The van der Waals surface area contributed by atoms with Gasteiger partial charge in [-0.25, -0.2) is 4.79 Å². The summed E-state index contributed by atoms with van der Waals surface area (Å²) in [6.07, 6.45) is 0.0814. The van der Waals surface area contributed by atoms with Gasteiger partial charge in [-0.2, -0.15) is 0 Å². The zero-order valence-corrected chi connectivity index (χ0v) is 14.1. The molecule has 0 unspecified atom stereocenters. The summed E-state index contributed by atoms with van der Waals surface area (Å²) in [4.78, 5) is 12.9. The Morgan fingerprint density at radius 1 is 1.21 bits per heavy atom. The highest BCUT2D eigenvalue weighted by Gasteiger charge is 2.13. The zero-order chi connectivity index (χ0) is 16.9. The van der Waals surface area contributed by atoms with Crippen molar-refractivity contribution in [1.29, 1.82) is 0 Å². The van der Waals surface area contributed by atoms with Gasteiger partial charge in [-0.3, -0.25) is 0 Å². The first-order chi connectivity index (χ1) is 11.6. The van der Waals surface area contributed by atoms with Crippen LogP contribution in [0.1, 0.15) is 30.1 Å². The van der Waals surface area contributed by atoms with E-state index in [0.717, 1.165) is 4.88 Å². The van der Waals surface area contributed by atoms with Crippen molar-refractivity contribution < 1.29 is 18.7 Å². The molecule has 7 heteroatoms. The highest BCUT2D eigenvalue weighted by atomic mass is 32.1. The summed E-state index contributed by atoms with van der Waals surface area (Å²) in [6.45, 7) is 3.81. The number of carbonyl (C=O) groups excluding carboxylic acids is 1. The highest BCUT2D eigenvalue weighted by molar-refractivity contribution is 7.13. The van der Waals surface area contributed by atoms with E-state index in [4.69, 9.17) is 13.9 Å². The highest BCUT2D eigenvalue weighted by Crippen LogP contribution is 2.23. The second-order valence-corrected chi connectivity index (χ2v) is 6.19. The molecule has 3 rings (SSSR count). The largest absolute Gasteiger partial charge is 0.491 e. The topological polar surface area (TPSA) is 74.5 Å². The molecule has 0 aliphatic heterocycles. The summed E-state index contributed by atoms with van der Waals surface area (Å²) in [5.41, 5.74) is 0.434. The van der Waals surface area contributed by atoms with Crippen LogP contribution < -0.4 is 4.74 Å². The summed E-state index contributed by atoms with van der Waals surface area (Å²) >= 11 is 1.50. The van der Waals surface area contributed by atoms with Crippen LogP contribution in [-0.4, -0.2) is 22.3 Å². The smallest absolute Gasteiger partial charge is 0.338 e. The van der Waals surface area contributed by atoms with Crippen molar-refractivity contribution in [3.05, 3.63) is 53.2 Å². The Morgan fingerprint density at radius 3 is 2.67 bits per heavy atom. The Bertz CT molecular complexity index is 794. The van der Waals surface area contributed by atoms with Gasteiger partial charge in [-0.05, 0) is 49.6 Å². The molecule has 1 aromatic carbocycles. The van der Waals surface area contributed by atoms with Crippen molar-refractivity contribution in [3.8, 4) is 16.5 Å². The minimum Gasteiger partial charge on any atom is -0.491 e. The van der Waals surface area contributed by atoms with Gasteiger partial charge in [0.1, 0.15) is 5.75 Å². The van der Waals surface area contributed by atoms with Crippen LogP contribution in [0.15, 0.2) is 46.2 Å². The summed E-state index contributed by atoms with van der Waals surface area (Å²) in [5.74, 6) is 0.929. The van der Waals surface area contributed by atoms with Crippen LogP contribution in [0.4, 0.5) is 0 Å². The fraction of sp³-hybridized carbons (Fsp3) is 0.235. The minimum absolute atomic E-state index is 0.0680. The van der Waals surface area contributed by atoms with Crippen molar-refractivity contribution in [2.24, 2.45) is 0 Å². The molecule has 0 saturated carbocycles. The average molecular weight is 344 g/mol. The number of hydrogen-bond acceptors (Lipinski definition) is 7. The molecule has 24 heavy (non-hydrogen) atoms. The van der Waals surface area contributed by atoms with Crippen molar-refractivity contribution in [3.63, 3.8) is 0 Å². The van der Waals surface area contributed by atoms with Crippen molar-refractivity contribution in [2.45, 2.75) is 26.6 Å². The predicted molar refractivity (Wildman–Crippen MR) is 88.9 cm³/mol. The van der Waals surface area contributed by atoms with Crippen molar-refractivity contribution in [2.75, 3.05) is 0 Å². The molecular formula is C17H16N2O4S. The Hall–Kier alpha value is -2.67. The Kier molecular flexibility index (Phi) is 4.90. The third-order valence-corrected chi connectivity index (χ3v) is 3.85. The van der Waals surface area contributed by atoms with Crippen molar-refractivity contribution >= 4 is 17.3 Å². The molecule has 0 atom stereocenters. The lowest BCUT2D eigenvalue weighted by Crippen LogP contribution is -2.07. The second-order valence-electron chi connectivity index (χ2n) is 5.25. The van der Waals surface area contributed by atoms with E-state index in [0.29, 0.717) is 17.2 Å². The number of thiophene rings is 1. The van der Waals surface area contributed by atoms with E-state index in [9.17, 15) is 4.79 Å². The number of carbonyl (C=O) groups is 1. The monoisotopic (exact) mass is 344 g/mol. The van der Waals surface area contributed by atoms with Crippen LogP contribution in [0.3, 0.4) is 0 Å². The SMILES string of the molecule is CC(C)Oc1ccc(C(=O)OCc2nnc(-c3cccs3)o2)cc1. The molecule has 0 aliphatic rings. The molecule has 0 spiro atoms. The number of hydrogen-bond donors (Lipinski definition) is 0. The zero-order valence-electron chi connectivity index (χ0n) is 13.3. The molecule has 3 aromatic rings. The summed E-state index contributed by atoms with van der Waals surface area (Å²) in [5, 5.41) is 9.73. The van der Waals surface area contributed by atoms with Gasteiger partial charge >= 0.3 is 5.97 Å². The lowest BCUT2D eigenvalue weighted by atomic mass is 10.2. The molecule has 0 aliphatic carbocycles. The van der Waals surface area contributed by atoms with E-state index in [1.54, 1.807) is 24.3 Å². The molecule has 2 aromatic heterocycles. The molecular weight excluding hydrogens is 328 g/mol. The minimum atomic E-state index is -0.457. The number of benzene rings is 1. The molecule has 0 N–H and O–H groups in total. The number of rotatable bonds is 6. The van der Waals surface area contributed by atoms with Crippen LogP contribution in [0.25, 0.3) is 10.8 Å². The molecule has 0 saturated heterocycles. The number of nitrogens with zero attached hydrogens (tertiary/aromatic N) is 2. The summed E-state index contributed by atoms with van der Waals surface area (Å²) < 4.78 is 16.2. The second kappa shape index (κ2) is 7.27. The van der Waals surface area contributed by atoms with Crippen LogP contribution in [0.2, 0.25) is 0 Å². The summed E-state index contributed by atoms with van der Waals surface area (Å²) in [6, 6.07) is 10.6. The lowest BCUT2D eigenvalue weighted by Gasteiger charge is -2.09. The van der Waals surface area contributed by atoms with Gasteiger partial charge in [-0.1, -0.05) is 6.07 Å². The maximum atomic E-state index is 12.0. The number of aromatic nitrogens is 2. The molecule has 2 heterocycles. The van der Waals surface area contributed by atoms with Crippen LogP contribution in [0.5, 0.6) is 5.75 Å². The average Bonchev–Trinajstić information content (AvgIpc) is 3.24. The molecule has 124 valence electrons. The third-order valence-electron chi connectivity index (χ3n) is 2.99. The van der Waals surface area contributed by atoms with E-state index in [2.05, 4.69) is 10.2 Å². The van der Waals surface area contributed by atoms with Gasteiger partial charge in [0, 0.05) is 0 Å². The van der Waals surface area contributed by atoms with Gasteiger partial charge in [0.2, 0.25) is 0 Å². The van der Waals surface area contributed by atoms with Crippen LogP contribution in [0, 0.1) is 0 Å². The quantitative estimate of drug-likeness (QED) is 0.631. The molecule has 0 radical (unpaired) electrons. The van der Waals surface area contributed by atoms with E-state index in [1.165, 1.54) is 11.3 Å². The predicted octanol–water partition coefficient (Wildman–Crippen LogP) is 3.94. The third kappa shape index (κ3) is 3.99. The fourth-order valence-corrected chi connectivity index (χ4v) is 2.61. The Morgan fingerprint density at radius 2 is 2.00 bits per heavy atom. The number of esters is 1. The first kappa shape index (κ1) is 16.2. The lowest BCUT2D eigenvalue weighted by molar-refractivity contribution is 0.0438. The molecule has 6 nitrogen and oxygen atoms in total. The first-order valence-electron chi connectivity index (χ1n) is 7.42. The summed E-state index contributed by atoms with van der Waals surface area (Å²) in [7, 11) is 0. The standard InChI is InChI=1S/C17H16N2O4S/c1-11(2)22-13-7-5-12(6-8-13)17(20)21-10-15-18-19-16(23-15)14-4-3-9-24-14/h3-9,11H,10H2,1-2H3. The van der Waals surface area contributed by atoms with E-state index in [-0.39, 0.29) is 18.6 Å². The Labute approximate surface area is 143 Å². The van der Waals surface area contributed by atoms with Gasteiger partial charge in [0.25, 0.3) is 11.8 Å².